The van der Waals surface area contributed by atoms with Gasteiger partial charge in [-0.1, -0.05) is 13.8 Å². The topological polar surface area (TPSA) is 108 Å². The Morgan fingerprint density at radius 1 is 0.949 bits per heavy atom. The smallest absolute Gasteiger partial charge is 0.253 e. The lowest BCUT2D eigenvalue weighted by Crippen LogP contribution is -2.51. The highest BCUT2D eigenvalue weighted by Gasteiger charge is 2.29. The van der Waals surface area contributed by atoms with Crippen molar-refractivity contribution in [2.24, 2.45) is 0 Å². The number of rotatable bonds is 16. The maximum atomic E-state index is 13.8. The Labute approximate surface area is 228 Å². The van der Waals surface area contributed by atoms with E-state index in [1.807, 2.05) is 13.8 Å². The van der Waals surface area contributed by atoms with Gasteiger partial charge in [0.15, 0.2) is 0 Å². The standard InChI is InChI=1S/C29H40F2N2O6/c1-5-7-33(8-6-2)29(37)22-12-19(3)11-21(16-22)28(36)32-25(15-20-13-23(30)17-24(31)14-20)27(35)26(34)18-39-10-9-38-4/h11-14,16-17,25-27,34-35H,5-10,15,18H2,1-4H3,(H,32,36)/t25-,26+,27+/m0/s1. The third-order valence-corrected chi connectivity index (χ3v) is 6.08. The van der Waals surface area contributed by atoms with Gasteiger partial charge in [-0.25, -0.2) is 8.78 Å². The van der Waals surface area contributed by atoms with E-state index in [0.717, 1.165) is 31.0 Å². The summed E-state index contributed by atoms with van der Waals surface area (Å²) in [6.07, 6.45) is -1.52. The number of methoxy groups -OCH3 is 1. The van der Waals surface area contributed by atoms with Crippen molar-refractivity contribution < 1.29 is 38.1 Å². The van der Waals surface area contributed by atoms with Gasteiger partial charge in [0.2, 0.25) is 0 Å². The van der Waals surface area contributed by atoms with Crippen molar-refractivity contribution >= 4 is 11.8 Å². The zero-order chi connectivity index (χ0) is 28.9. The van der Waals surface area contributed by atoms with E-state index in [4.69, 9.17) is 9.47 Å². The molecule has 0 saturated heterocycles. The molecule has 10 heteroatoms. The summed E-state index contributed by atoms with van der Waals surface area (Å²) in [5.74, 6) is -2.41. The molecular formula is C29H40F2N2O6. The number of hydrogen-bond acceptors (Lipinski definition) is 6. The summed E-state index contributed by atoms with van der Waals surface area (Å²) in [5.41, 5.74) is 1.41. The van der Waals surface area contributed by atoms with Crippen molar-refractivity contribution in [3.8, 4) is 0 Å². The monoisotopic (exact) mass is 550 g/mol. The van der Waals surface area contributed by atoms with E-state index < -0.39 is 35.8 Å². The van der Waals surface area contributed by atoms with Gasteiger partial charge in [-0.15, -0.1) is 0 Å². The molecule has 0 spiro atoms. The molecule has 0 heterocycles. The number of halogens is 2. The third-order valence-electron chi connectivity index (χ3n) is 6.08. The molecular weight excluding hydrogens is 510 g/mol. The van der Waals surface area contributed by atoms with Crippen LogP contribution in [-0.4, -0.2) is 85.2 Å². The van der Waals surface area contributed by atoms with Crippen LogP contribution in [0, 0.1) is 18.6 Å². The molecule has 0 aromatic heterocycles. The van der Waals surface area contributed by atoms with Crippen molar-refractivity contribution in [2.45, 2.75) is 58.3 Å². The minimum atomic E-state index is -1.53. The van der Waals surface area contributed by atoms with Gasteiger partial charge in [0, 0.05) is 37.4 Å². The molecule has 8 nitrogen and oxygen atoms in total. The van der Waals surface area contributed by atoms with E-state index in [2.05, 4.69) is 5.32 Å². The first-order valence-corrected chi connectivity index (χ1v) is 13.2. The van der Waals surface area contributed by atoms with Gasteiger partial charge in [0.05, 0.1) is 25.9 Å². The third kappa shape index (κ3) is 10.3. The van der Waals surface area contributed by atoms with Gasteiger partial charge in [-0.2, -0.15) is 0 Å². The van der Waals surface area contributed by atoms with Crippen LogP contribution >= 0.6 is 0 Å². The number of ether oxygens (including phenoxy) is 2. The molecule has 0 unspecified atom stereocenters. The second-order valence-corrected chi connectivity index (χ2v) is 9.57. The molecule has 39 heavy (non-hydrogen) atoms. The maximum absolute atomic E-state index is 13.8. The molecule has 0 fully saturated rings. The number of nitrogens with zero attached hydrogens (tertiary/aromatic N) is 1. The normalized spacial score (nSPS) is 13.5. The number of aryl methyl sites for hydroxylation is 1. The summed E-state index contributed by atoms with van der Waals surface area (Å²) in [5, 5.41) is 24.1. The average molecular weight is 551 g/mol. The Hall–Kier alpha value is -2.92. The van der Waals surface area contributed by atoms with E-state index >= 15 is 0 Å². The molecule has 2 rings (SSSR count). The molecule has 2 amide bonds. The van der Waals surface area contributed by atoms with Gasteiger partial charge in [-0.3, -0.25) is 9.59 Å². The molecule has 2 aromatic carbocycles. The Morgan fingerprint density at radius 2 is 1.56 bits per heavy atom. The summed E-state index contributed by atoms with van der Waals surface area (Å²) >= 11 is 0. The summed E-state index contributed by atoms with van der Waals surface area (Å²) in [4.78, 5) is 28.2. The van der Waals surface area contributed by atoms with Gasteiger partial charge >= 0.3 is 0 Å². The Morgan fingerprint density at radius 3 is 2.15 bits per heavy atom. The number of nitrogens with one attached hydrogen (secondary N) is 1. The van der Waals surface area contributed by atoms with Gasteiger partial charge in [0.25, 0.3) is 11.8 Å². The number of carbonyl (C=O) groups is 2. The molecule has 0 saturated carbocycles. The van der Waals surface area contributed by atoms with Crippen LogP contribution in [0.4, 0.5) is 8.78 Å². The Kier molecular flexibility index (Phi) is 13.5. The molecule has 216 valence electrons. The van der Waals surface area contributed by atoms with Crippen LogP contribution in [0.15, 0.2) is 36.4 Å². The SMILES string of the molecule is CCCN(CCC)C(=O)c1cc(C)cc(C(=O)N[C@@H](Cc2cc(F)cc(F)c2)[C@@H](O)[C@H](O)COCCOC)c1. The van der Waals surface area contributed by atoms with Crippen molar-refractivity contribution in [3.05, 3.63) is 70.3 Å². The number of amides is 2. The second-order valence-electron chi connectivity index (χ2n) is 9.57. The fourth-order valence-electron chi connectivity index (χ4n) is 4.28. The first kappa shape index (κ1) is 32.3. The van der Waals surface area contributed by atoms with Gasteiger partial charge in [-0.05, 0) is 67.6 Å². The van der Waals surface area contributed by atoms with Crippen LogP contribution in [0.3, 0.4) is 0 Å². The zero-order valence-corrected chi connectivity index (χ0v) is 23.1. The number of carbonyl (C=O) groups excluding carboxylic acids is 2. The lowest BCUT2D eigenvalue weighted by Gasteiger charge is -2.28. The molecule has 3 atom stereocenters. The van der Waals surface area contributed by atoms with Crippen LogP contribution in [0.1, 0.15) is 58.5 Å². The van der Waals surface area contributed by atoms with Crippen molar-refractivity contribution in [3.63, 3.8) is 0 Å². The van der Waals surface area contributed by atoms with Crippen molar-refractivity contribution in [2.75, 3.05) is 40.0 Å². The Balaban J connectivity index is 2.31. The molecule has 0 aliphatic heterocycles. The van der Waals surface area contributed by atoms with E-state index in [1.54, 1.807) is 24.0 Å². The summed E-state index contributed by atoms with van der Waals surface area (Å²) in [7, 11) is 1.49. The highest BCUT2D eigenvalue weighted by atomic mass is 19.1. The number of aliphatic hydroxyl groups is 2. The highest BCUT2D eigenvalue weighted by molar-refractivity contribution is 6.00. The predicted octanol–water partition coefficient (Wildman–Crippen LogP) is 3.26. The zero-order valence-electron chi connectivity index (χ0n) is 23.1. The minimum absolute atomic E-state index is 0.172. The minimum Gasteiger partial charge on any atom is -0.388 e. The van der Waals surface area contributed by atoms with Crippen LogP contribution in [0.2, 0.25) is 0 Å². The van der Waals surface area contributed by atoms with Gasteiger partial charge in [0.1, 0.15) is 23.8 Å². The van der Waals surface area contributed by atoms with E-state index in [-0.39, 0.29) is 43.3 Å². The number of hydrogen-bond donors (Lipinski definition) is 3. The van der Waals surface area contributed by atoms with E-state index in [1.165, 1.54) is 13.2 Å². The first-order chi connectivity index (χ1) is 18.6. The highest BCUT2D eigenvalue weighted by Crippen LogP contribution is 2.17. The summed E-state index contributed by atoms with van der Waals surface area (Å²) in [6, 6.07) is 6.57. The molecule has 0 aliphatic carbocycles. The van der Waals surface area contributed by atoms with Crippen LogP contribution in [-0.2, 0) is 15.9 Å². The summed E-state index contributed by atoms with van der Waals surface area (Å²) < 4.78 is 37.9. The largest absolute Gasteiger partial charge is 0.388 e. The molecule has 3 N–H and O–H groups in total. The van der Waals surface area contributed by atoms with Gasteiger partial charge < -0.3 is 29.9 Å². The van der Waals surface area contributed by atoms with Crippen LogP contribution in [0.5, 0.6) is 0 Å². The van der Waals surface area contributed by atoms with Crippen LogP contribution < -0.4 is 5.32 Å². The fraction of sp³-hybridized carbons (Fsp3) is 0.517. The number of aliphatic hydroxyl groups excluding tert-OH is 2. The molecule has 0 bridgehead atoms. The van der Waals surface area contributed by atoms with E-state index in [9.17, 15) is 28.6 Å². The summed E-state index contributed by atoms with van der Waals surface area (Å²) in [6.45, 7) is 7.13. The van der Waals surface area contributed by atoms with Crippen LogP contribution in [0.25, 0.3) is 0 Å². The maximum Gasteiger partial charge on any atom is 0.253 e. The first-order valence-electron chi connectivity index (χ1n) is 13.2. The molecule has 0 radical (unpaired) electrons. The fourth-order valence-corrected chi connectivity index (χ4v) is 4.28. The molecule has 2 aromatic rings. The quantitative estimate of drug-likeness (QED) is 0.277. The van der Waals surface area contributed by atoms with Crippen molar-refractivity contribution in [1.82, 2.24) is 10.2 Å². The molecule has 0 aliphatic rings. The second kappa shape index (κ2) is 16.2. The number of benzene rings is 2. The predicted molar refractivity (Wildman–Crippen MR) is 144 cm³/mol. The lowest BCUT2D eigenvalue weighted by molar-refractivity contribution is -0.0568. The lowest BCUT2D eigenvalue weighted by atomic mass is 9.96. The van der Waals surface area contributed by atoms with E-state index in [0.29, 0.717) is 24.2 Å². The van der Waals surface area contributed by atoms with Crippen molar-refractivity contribution in [1.29, 1.82) is 0 Å². The average Bonchev–Trinajstić information content (AvgIpc) is 2.88. The Bertz CT molecular complexity index is 1060.